The lowest BCUT2D eigenvalue weighted by molar-refractivity contribution is -0.137. The number of ether oxygens (including phenoxy) is 2. The van der Waals surface area contributed by atoms with Gasteiger partial charge in [-0.2, -0.15) is 0 Å². The van der Waals surface area contributed by atoms with E-state index in [9.17, 15) is 14.4 Å². The minimum Gasteiger partial charge on any atom is -0.466 e. The summed E-state index contributed by atoms with van der Waals surface area (Å²) in [6.07, 6.45) is 3.04. The van der Waals surface area contributed by atoms with Crippen LogP contribution in [0.25, 0.3) is 6.08 Å². The molecule has 0 fully saturated rings. The molecule has 0 aromatic heterocycles. The van der Waals surface area contributed by atoms with E-state index in [4.69, 9.17) is 9.47 Å². The maximum atomic E-state index is 13.3. The summed E-state index contributed by atoms with van der Waals surface area (Å²) in [6, 6.07) is 24.4. The monoisotopic (exact) mass is 539 g/mol. The quantitative estimate of drug-likeness (QED) is 0.276. The molecule has 1 N–H and O–H groups in total. The lowest BCUT2D eigenvalue weighted by Gasteiger charge is -2.24. The van der Waals surface area contributed by atoms with Crippen molar-refractivity contribution in [2.24, 2.45) is 11.0 Å². The molecule has 3 aromatic carbocycles. The van der Waals surface area contributed by atoms with E-state index in [1.165, 1.54) is 11.1 Å². The SMILES string of the molecule is CCOC(=O)C=Cc1ccc(NC(=O)C(c2ccc(CN3N=C(c4ccccc4)OCC3=O)cc2)C(C)C)cc1. The average Bonchev–Trinajstić information content (AvgIpc) is 2.95. The van der Waals surface area contributed by atoms with Gasteiger partial charge in [-0.05, 0) is 59.9 Å². The second-order valence-corrected chi connectivity index (χ2v) is 9.67. The number of rotatable bonds is 10. The summed E-state index contributed by atoms with van der Waals surface area (Å²) >= 11 is 0. The number of carbonyl (C=O) groups is 3. The molecule has 8 heteroatoms. The molecule has 0 radical (unpaired) electrons. The first-order valence-corrected chi connectivity index (χ1v) is 13.3. The van der Waals surface area contributed by atoms with Crippen molar-refractivity contribution < 1.29 is 23.9 Å². The molecule has 0 aliphatic carbocycles. The molecule has 3 aromatic rings. The van der Waals surface area contributed by atoms with Crippen LogP contribution in [0.1, 0.15) is 48.9 Å². The number of hydrogen-bond acceptors (Lipinski definition) is 6. The number of amides is 2. The fourth-order valence-electron chi connectivity index (χ4n) is 4.34. The highest BCUT2D eigenvalue weighted by molar-refractivity contribution is 5.98. The van der Waals surface area contributed by atoms with E-state index in [0.717, 1.165) is 22.3 Å². The molecule has 2 amide bonds. The maximum Gasteiger partial charge on any atom is 0.330 e. The van der Waals surface area contributed by atoms with Gasteiger partial charge in [0, 0.05) is 17.3 Å². The number of carbonyl (C=O) groups excluding carboxylic acids is 3. The summed E-state index contributed by atoms with van der Waals surface area (Å²) in [5.74, 6) is -0.631. The van der Waals surface area contributed by atoms with Crippen LogP contribution in [-0.2, 0) is 30.4 Å². The summed E-state index contributed by atoms with van der Waals surface area (Å²) in [5.41, 5.74) is 4.07. The van der Waals surface area contributed by atoms with Crippen LogP contribution in [0.15, 0.2) is 90.0 Å². The van der Waals surface area contributed by atoms with Crippen molar-refractivity contribution in [3.05, 3.63) is 107 Å². The predicted molar refractivity (Wildman–Crippen MR) is 154 cm³/mol. The topological polar surface area (TPSA) is 97.3 Å². The van der Waals surface area contributed by atoms with Gasteiger partial charge in [0.25, 0.3) is 5.91 Å². The third-order valence-electron chi connectivity index (χ3n) is 6.35. The second-order valence-electron chi connectivity index (χ2n) is 9.67. The van der Waals surface area contributed by atoms with Gasteiger partial charge < -0.3 is 14.8 Å². The maximum absolute atomic E-state index is 13.3. The number of hydrogen-bond donors (Lipinski definition) is 1. The molecule has 1 atom stereocenters. The average molecular weight is 540 g/mol. The minimum atomic E-state index is -0.396. The van der Waals surface area contributed by atoms with E-state index in [1.54, 1.807) is 25.1 Å². The van der Waals surface area contributed by atoms with Crippen molar-refractivity contribution in [1.82, 2.24) is 5.01 Å². The number of anilines is 1. The first kappa shape index (κ1) is 28.3. The Kier molecular flexibility index (Phi) is 9.46. The predicted octanol–water partition coefficient (Wildman–Crippen LogP) is 5.36. The molecule has 40 heavy (non-hydrogen) atoms. The van der Waals surface area contributed by atoms with Gasteiger partial charge >= 0.3 is 5.97 Å². The van der Waals surface area contributed by atoms with E-state index in [2.05, 4.69) is 10.4 Å². The highest BCUT2D eigenvalue weighted by atomic mass is 16.5. The Balaban J connectivity index is 1.41. The van der Waals surface area contributed by atoms with Crippen LogP contribution in [0.5, 0.6) is 0 Å². The Morgan fingerprint density at radius 1 is 1.02 bits per heavy atom. The van der Waals surface area contributed by atoms with Gasteiger partial charge in [-0.25, -0.2) is 9.80 Å². The van der Waals surface area contributed by atoms with Crippen LogP contribution in [0.3, 0.4) is 0 Å². The van der Waals surface area contributed by atoms with Crippen LogP contribution in [-0.4, -0.2) is 41.9 Å². The fraction of sp³-hybridized carbons (Fsp3) is 0.250. The Hall–Kier alpha value is -4.72. The zero-order valence-electron chi connectivity index (χ0n) is 22.9. The summed E-state index contributed by atoms with van der Waals surface area (Å²) in [5, 5.41) is 8.83. The molecule has 4 rings (SSSR count). The highest BCUT2D eigenvalue weighted by Gasteiger charge is 2.26. The first-order valence-electron chi connectivity index (χ1n) is 13.3. The standard InChI is InChI=1S/C32H33N3O5/c1-4-39-29(37)19-14-23-12-17-27(18-13-23)33-31(38)30(22(2)3)25-15-10-24(11-16-25)20-35-28(36)21-40-32(34-35)26-8-6-5-7-9-26/h5-19,22,30H,4,20-21H2,1-3H3,(H,33,38). The molecular formula is C32H33N3O5. The van der Waals surface area contributed by atoms with E-state index >= 15 is 0 Å². The minimum absolute atomic E-state index is 0.0523. The highest BCUT2D eigenvalue weighted by Crippen LogP contribution is 2.27. The van der Waals surface area contributed by atoms with Crippen molar-refractivity contribution >= 4 is 35.4 Å². The lowest BCUT2D eigenvalue weighted by Crippen LogP contribution is -2.36. The van der Waals surface area contributed by atoms with Gasteiger partial charge in [-0.1, -0.05) is 68.4 Å². The van der Waals surface area contributed by atoms with Crippen LogP contribution in [0, 0.1) is 5.92 Å². The number of hydrazone groups is 1. The zero-order valence-corrected chi connectivity index (χ0v) is 22.9. The van der Waals surface area contributed by atoms with E-state index < -0.39 is 5.97 Å². The van der Waals surface area contributed by atoms with E-state index in [-0.39, 0.29) is 30.3 Å². The van der Waals surface area contributed by atoms with Gasteiger partial charge in [0.1, 0.15) is 0 Å². The van der Waals surface area contributed by atoms with Gasteiger partial charge in [-0.15, -0.1) is 5.10 Å². The molecule has 0 bridgehead atoms. The van der Waals surface area contributed by atoms with Crippen molar-refractivity contribution in [2.45, 2.75) is 33.2 Å². The fourth-order valence-corrected chi connectivity index (χ4v) is 4.34. The summed E-state index contributed by atoms with van der Waals surface area (Å²) in [6.45, 7) is 6.33. The molecule has 0 saturated heterocycles. The molecule has 0 spiro atoms. The van der Waals surface area contributed by atoms with Crippen LogP contribution < -0.4 is 5.32 Å². The van der Waals surface area contributed by atoms with Crippen molar-refractivity contribution in [2.75, 3.05) is 18.5 Å². The smallest absolute Gasteiger partial charge is 0.330 e. The summed E-state index contributed by atoms with van der Waals surface area (Å²) in [7, 11) is 0. The third kappa shape index (κ3) is 7.44. The third-order valence-corrected chi connectivity index (χ3v) is 6.35. The van der Waals surface area contributed by atoms with E-state index in [0.29, 0.717) is 24.7 Å². The largest absolute Gasteiger partial charge is 0.466 e. The van der Waals surface area contributed by atoms with Crippen molar-refractivity contribution in [1.29, 1.82) is 0 Å². The Morgan fingerprint density at radius 2 is 1.73 bits per heavy atom. The summed E-state index contributed by atoms with van der Waals surface area (Å²) < 4.78 is 10.4. The Labute approximate surface area is 234 Å². The zero-order chi connectivity index (χ0) is 28.5. The summed E-state index contributed by atoms with van der Waals surface area (Å²) in [4.78, 5) is 37.2. The first-order chi connectivity index (χ1) is 19.3. The van der Waals surface area contributed by atoms with Crippen LogP contribution in [0.4, 0.5) is 5.69 Å². The number of nitrogens with one attached hydrogen (secondary N) is 1. The lowest BCUT2D eigenvalue weighted by atomic mass is 9.87. The number of benzene rings is 3. The van der Waals surface area contributed by atoms with Gasteiger partial charge in [0.05, 0.1) is 19.1 Å². The van der Waals surface area contributed by atoms with Gasteiger partial charge in [0.2, 0.25) is 11.8 Å². The van der Waals surface area contributed by atoms with Crippen molar-refractivity contribution in [3.63, 3.8) is 0 Å². The van der Waals surface area contributed by atoms with Crippen molar-refractivity contribution in [3.8, 4) is 0 Å². The van der Waals surface area contributed by atoms with E-state index in [1.807, 2.05) is 80.6 Å². The number of esters is 1. The molecule has 1 heterocycles. The molecule has 0 saturated carbocycles. The van der Waals surface area contributed by atoms with Crippen LogP contribution >= 0.6 is 0 Å². The second kappa shape index (κ2) is 13.4. The Morgan fingerprint density at radius 3 is 2.38 bits per heavy atom. The molecule has 8 nitrogen and oxygen atoms in total. The molecule has 1 aliphatic rings. The normalized spacial score (nSPS) is 14.1. The molecule has 206 valence electrons. The van der Waals surface area contributed by atoms with Gasteiger partial charge in [0.15, 0.2) is 6.61 Å². The molecular weight excluding hydrogens is 506 g/mol. The van der Waals surface area contributed by atoms with Gasteiger partial charge in [-0.3, -0.25) is 9.59 Å². The Bertz CT molecular complexity index is 1380. The molecule has 1 aliphatic heterocycles. The number of nitrogens with zero attached hydrogens (tertiary/aromatic N) is 2. The van der Waals surface area contributed by atoms with Crippen LogP contribution in [0.2, 0.25) is 0 Å². The molecule has 1 unspecified atom stereocenters.